The van der Waals surface area contributed by atoms with Gasteiger partial charge in [0.2, 0.25) is 0 Å². The van der Waals surface area contributed by atoms with Crippen LogP contribution < -0.4 is 15.6 Å². The first-order valence-electron chi connectivity index (χ1n) is 7.66. The molecule has 0 bridgehead atoms. The van der Waals surface area contributed by atoms with Crippen LogP contribution in [0, 0.1) is 0 Å². The summed E-state index contributed by atoms with van der Waals surface area (Å²) in [7, 11) is 0. The zero-order valence-electron chi connectivity index (χ0n) is 13.3. The topological polar surface area (TPSA) is 67.0 Å². The molecule has 5 heteroatoms. The molecule has 0 aliphatic carbocycles. The number of hydrogen-bond acceptors (Lipinski definition) is 4. The molecule has 0 fully saturated rings. The highest BCUT2D eigenvalue weighted by Gasteiger charge is 2.07. The lowest BCUT2D eigenvalue weighted by Gasteiger charge is -2.11. The minimum atomic E-state index is -0.151. The van der Waals surface area contributed by atoms with Crippen LogP contribution in [0.4, 0.5) is 0 Å². The van der Waals surface area contributed by atoms with Crippen molar-refractivity contribution >= 4 is 0 Å². The predicted molar refractivity (Wildman–Crippen MR) is 88.1 cm³/mol. The van der Waals surface area contributed by atoms with E-state index in [2.05, 4.69) is 22.4 Å². The lowest BCUT2D eigenvalue weighted by molar-refractivity contribution is 0.242. The zero-order chi connectivity index (χ0) is 15.9. The number of aromatic amines is 1. The van der Waals surface area contributed by atoms with E-state index in [4.69, 9.17) is 4.74 Å². The molecule has 0 amide bonds. The molecule has 22 heavy (non-hydrogen) atoms. The van der Waals surface area contributed by atoms with Gasteiger partial charge in [-0.3, -0.25) is 4.79 Å². The van der Waals surface area contributed by atoms with Crippen molar-refractivity contribution in [2.24, 2.45) is 0 Å². The molecule has 1 aromatic carbocycles. The minimum Gasteiger partial charge on any atom is -0.491 e. The normalized spacial score (nSPS) is 10.9. The minimum absolute atomic E-state index is 0.118. The van der Waals surface area contributed by atoms with E-state index in [0.29, 0.717) is 12.1 Å². The number of H-pyrrole nitrogens is 1. The highest BCUT2D eigenvalue weighted by atomic mass is 16.5. The van der Waals surface area contributed by atoms with Gasteiger partial charge < -0.3 is 10.1 Å². The van der Waals surface area contributed by atoms with Gasteiger partial charge in [-0.05, 0) is 45.0 Å². The Morgan fingerprint density at radius 2 is 2.14 bits per heavy atom. The fourth-order valence-electron chi connectivity index (χ4n) is 2.13. The third-order valence-corrected chi connectivity index (χ3v) is 3.12. The highest BCUT2D eigenvalue weighted by molar-refractivity contribution is 5.61. The van der Waals surface area contributed by atoms with Gasteiger partial charge in [0.1, 0.15) is 5.75 Å². The molecule has 5 nitrogen and oxygen atoms in total. The maximum atomic E-state index is 11.8. The Bertz CT molecular complexity index is 665. The number of aromatic nitrogens is 2. The van der Waals surface area contributed by atoms with Gasteiger partial charge in [0.25, 0.3) is 5.56 Å². The monoisotopic (exact) mass is 301 g/mol. The van der Waals surface area contributed by atoms with Crippen LogP contribution >= 0.6 is 0 Å². The van der Waals surface area contributed by atoms with E-state index in [0.717, 1.165) is 30.0 Å². The molecule has 1 aromatic heterocycles. The lowest BCUT2D eigenvalue weighted by atomic mass is 10.1. The van der Waals surface area contributed by atoms with E-state index >= 15 is 0 Å². The second-order valence-electron chi connectivity index (χ2n) is 5.48. The summed E-state index contributed by atoms with van der Waals surface area (Å²) < 4.78 is 5.70. The van der Waals surface area contributed by atoms with Gasteiger partial charge in [-0.1, -0.05) is 19.1 Å². The van der Waals surface area contributed by atoms with Crippen molar-refractivity contribution in [3.63, 3.8) is 0 Å². The van der Waals surface area contributed by atoms with Crippen LogP contribution in [-0.2, 0) is 6.54 Å². The largest absolute Gasteiger partial charge is 0.491 e. The second-order valence-corrected chi connectivity index (χ2v) is 5.48. The quantitative estimate of drug-likeness (QED) is 0.772. The van der Waals surface area contributed by atoms with Crippen molar-refractivity contribution in [3.8, 4) is 17.0 Å². The third kappa shape index (κ3) is 4.43. The van der Waals surface area contributed by atoms with Crippen molar-refractivity contribution in [2.75, 3.05) is 6.54 Å². The maximum Gasteiger partial charge on any atom is 0.268 e. The van der Waals surface area contributed by atoms with Crippen molar-refractivity contribution in [1.29, 1.82) is 0 Å². The molecule has 0 saturated carbocycles. The summed E-state index contributed by atoms with van der Waals surface area (Å²) in [5.74, 6) is 0.797. The maximum absolute atomic E-state index is 11.8. The van der Waals surface area contributed by atoms with Crippen LogP contribution in [0.2, 0.25) is 0 Å². The molecule has 0 aliphatic heterocycles. The molecule has 1 heterocycles. The number of hydrogen-bond donors (Lipinski definition) is 2. The SMILES string of the molecule is CCCNCc1cc(-c2cccc(OC(C)C)c2)n[nH]c1=O. The summed E-state index contributed by atoms with van der Waals surface area (Å²) in [6, 6.07) is 9.56. The smallest absolute Gasteiger partial charge is 0.268 e. The molecule has 2 rings (SSSR count). The van der Waals surface area contributed by atoms with Crippen LogP contribution in [0.15, 0.2) is 35.1 Å². The van der Waals surface area contributed by atoms with Gasteiger partial charge in [0.15, 0.2) is 0 Å². The first kappa shape index (κ1) is 16.2. The summed E-state index contributed by atoms with van der Waals surface area (Å²) in [5, 5.41) is 9.94. The van der Waals surface area contributed by atoms with E-state index in [1.807, 2.05) is 44.2 Å². The summed E-state index contributed by atoms with van der Waals surface area (Å²) in [4.78, 5) is 11.8. The van der Waals surface area contributed by atoms with Crippen molar-refractivity contribution in [2.45, 2.75) is 39.8 Å². The Kier molecular flexibility index (Phi) is 5.72. The van der Waals surface area contributed by atoms with Crippen LogP contribution in [0.25, 0.3) is 11.3 Å². The fraction of sp³-hybridized carbons (Fsp3) is 0.412. The summed E-state index contributed by atoms with van der Waals surface area (Å²) in [6.07, 6.45) is 1.15. The molecular weight excluding hydrogens is 278 g/mol. The second kappa shape index (κ2) is 7.75. The highest BCUT2D eigenvalue weighted by Crippen LogP contribution is 2.22. The van der Waals surface area contributed by atoms with Crippen LogP contribution in [0.1, 0.15) is 32.8 Å². The molecular formula is C17H23N3O2. The molecule has 2 aromatic rings. The Labute approximate surface area is 130 Å². The predicted octanol–water partition coefficient (Wildman–Crippen LogP) is 2.72. The van der Waals surface area contributed by atoms with Crippen LogP contribution in [-0.4, -0.2) is 22.8 Å². The van der Waals surface area contributed by atoms with Crippen LogP contribution in [0.5, 0.6) is 5.75 Å². The number of nitrogens with zero attached hydrogens (tertiary/aromatic N) is 1. The number of nitrogens with one attached hydrogen (secondary N) is 2. The Morgan fingerprint density at radius 3 is 2.86 bits per heavy atom. The van der Waals surface area contributed by atoms with Crippen LogP contribution in [0.3, 0.4) is 0 Å². The van der Waals surface area contributed by atoms with Crippen molar-refractivity contribution in [1.82, 2.24) is 15.5 Å². The number of ether oxygens (including phenoxy) is 1. The summed E-state index contributed by atoms with van der Waals surface area (Å²) in [6.45, 7) is 7.50. The molecule has 0 spiro atoms. The van der Waals surface area contributed by atoms with E-state index < -0.39 is 0 Å². The Hall–Kier alpha value is -2.14. The molecule has 2 N–H and O–H groups in total. The first-order chi connectivity index (χ1) is 10.6. The molecule has 0 unspecified atom stereocenters. The van der Waals surface area contributed by atoms with Gasteiger partial charge in [0, 0.05) is 17.7 Å². The molecule has 118 valence electrons. The average molecular weight is 301 g/mol. The van der Waals surface area contributed by atoms with Gasteiger partial charge in [-0.25, -0.2) is 5.10 Å². The summed E-state index contributed by atoms with van der Waals surface area (Å²) >= 11 is 0. The van der Waals surface area contributed by atoms with Gasteiger partial charge in [0.05, 0.1) is 11.8 Å². The van der Waals surface area contributed by atoms with Gasteiger partial charge >= 0.3 is 0 Å². The van der Waals surface area contributed by atoms with Gasteiger partial charge in [-0.2, -0.15) is 5.10 Å². The van der Waals surface area contributed by atoms with Crippen molar-refractivity contribution < 1.29 is 4.74 Å². The zero-order valence-corrected chi connectivity index (χ0v) is 13.3. The van der Waals surface area contributed by atoms with E-state index in [1.54, 1.807) is 0 Å². The Morgan fingerprint density at radius 1 is 1.32 bits per heavy atom. The van der Waals surface area contributed by atoms with E-state index in [-0.39, 0.29) is 11.7 Å². The third-order valence-electron chi connectivity index (χ3n) is 3.12. The molecule has 0 saturated heterocycles. The standard InChI is InChI=1S/C17H23N3O2/c1-4-8-18-11-14-10-16(19-20-17(14)21)13-6-5-7-15(9-13)22-12(2)3/h5-7,9-10,12,18H,4,8,11H2,1-3H3,(H,20,21). The fourth-order valence-corrected chi connectivity index (χ4v) is 2.13. The van der Waals surface area contributed by atoms with Crippen molar-refractivity contribution in [3.05, 3.63) is 46.2 Å². The van der Waals surface area contributed by atoms with E-state index in [1.165, 1.54) is 0 Å². The summed E-state index contributed by atoms with van der Waals surface area (Å²) in [5.41, 5.74) is 2.20. The first-order valence-corrected chi connectivity index (χ1v) is 7.66. The molecule has 0 atom stereocenters. The number of rotatable bonds is 7. The van der Waals surface area contributed by atoms with E-state index in [9.17, 15) is 4.79 Å². The van der Waals surface area contributed by atoms with Gasteiger partial charge in [-0.15, -0.1) is 0 Å². The number of benzene rings is 1. The molecule has 0 aliphatic rings. The average Bonchev–Trinajstić information content (AvgIpc) is 2.49. The molecule has 0 radical (unpaired) electrons. The lowest BCUT2D eigenvalue weighted by Crippen LogP contribution is -2.22. The Balaban J connectivity index is 2.25.